The summed E-state index contributed by atoms with van der Waals surface area (Å²) in [4.78, 5) is 16.7. The molecule has 2 aliphatic heterocycles. The maximum atomic E-state index is 12.3. The molecule has 0 unspecified atom stereocenters. The summed E-state index contributed by atoms with van der Waals surface area (Å²) in [5.74, 6) is 1.23. The van der Waals surface area contributed by atoms with Crippen molar-refractivity contribution in [2.45, 2.75) is 39.0 Å². The van der Waals surface area contributed by atoms with Gasteiger partial charge in [-0.25, -0.2) is 0 Å². The van der Waals surface area contributed by atoms with E-state index in [0.717, 1.165) is 51.6 Å². The van der Waals surface area contributed by atoms with E-state index < -0.39 is 0 Å². The molecule has 0 aromatic heterocycles. The van der Waals surface area contributed by atoms with Crippen molar-refractivity contribution >= 4 is 5.91 Å². The van der Waals surface area contributed by atoms with Crippen molar-refractivity contribution in [3.63, 3.8) is 0 Å². The molecule has 0 aliphatic carbocycles. The van der Waals surface area contributed by atoms with Crippen molar-refractivity contribution in [2.75, 3.05) is 45.8 Å². The number of hydrogen-bond acceptors (Lipinski definition) is 3. The van der Waals surface area contributed by atoms with Crippen molar-refractivity contribution in [3.05, 3.63) is 0 Å². The highest BCUT2D eigenvalue weighted by molar-refractivity contribution is 5.78. The number of nitrogens with zero attached hydrogens (tertiary/aromatic N) is 2. The molecule has 0 atom stereocenters. The van der Waals surface area contributed by atoms with Crippen LogP contribution in [-0.4, -0.2) is 61.5 Å². The van der Waals surface area contributed by atoms with Crippen LogP contribution in [0.5, 0.6) is 0 Å². The first-order chi connectivity index (χ1) is 9.29. The summed E-state index contributed by atoms with van der Waals surface area (Å²) < 4.78 is 0. The minimum Gasteiger partial charge on any atom is -0.340 e. The first kappa shape index (κ1) is 14.8. The zero-order valence-corrected chi connectivity index (χ0v) is 12.4. The van der Waals surface area contributed by atoms with Crippen molar-refractivity contribution in [2.24, 2.45) is 5.92 Å². The molecule has 0 aromatic rings. The molecule has 110 valence electrons. The third-order valence-electron chi connectivity index (χ3n) is 4.46. The molecule has 0 aromatic carbocycles. The van der Waals surface area contributed by atoms with Crippen molar-refractivity contribution in [3.8, 4) is 0 Å². The first-order valence-corrected chi connectivity index (χ1v) is 8.00. The van der Waals surface area contributed by atoms with Gasteiger partial charge in [0, 0.05) is 19.6 Å². The topological polar surface area (TPSA) is 35.6 Å². The highest BCUT2D eigenvalue weighted by Gasteiger charge is 2.22. The summed E-state index contributed by atoms with van der Waals surface area (Å²) in [7, 11) is 0. The smallest absolute Gasteiger partial charge is 0.236 e. The van der Waals surface area contributed by atoms with Crippen molar-refractivity contribution in [1.29, 1.82) is 0 Å². The molecule has 19 heavy (non-hydrogen) atoms. The Labute approximate surface area is 117 Å². The van der Waals surface area contributed by atoms with Crippen LogP contribution < -0.4 is 5.32 Å². The summed E-state index contributed by atoms with van der Waals surface area (Å²) in [6.07, 6.45) is 6.31. The fourth-order valence-electron chi connectivity index (χ4n) is 3.23. The average Bonchev–Trinajstić information content (AvgIpc) is 2.70. The molecule has 4 heteroatoms. The summed E-state index contributed by atoms with van der Waals surface area (Å²) >= 11 is 0. The standard InChI is InChI=1S/C15H29N3O/c1-2-4-14-5-10-17(11-6-14)13-15(19)18-9-3-7-16-8-12-18/h14,16H,2-13H2,1H3. The van der Waals surface area contributed by atoms with E-state index in [4.69, 9.17) is 0 Å². The Morgan fingerprint density at radius 2 is 1.95 bits per heavy atom. The molecule has 4 nitrogen and oxygen atoms in total. The molecular weight excluding hydrogens is 238 g/mol. The van der Waals surface area contributed by atoms with Crippen LogP contribution in [-0.2, 0) is 4.79 Å². The van der Waals surface area contributed by atoms with Gasteiger partial charge in [0.05, 0.1) is 6.54 Å². The number of piperidine rings is 1. The highest BCUT2D eigenvalue weighted by atomic mass is 16.2. The van der Waals surface area contributed by atoms with E-state index in [1.807, 2.05) is 4.90 Å². The minimum absolute atomic E-state index is 0.331. The van der Waals surface area contributed by atoms with Crippen LogP contribution in [0.15, 0.2) is 0 Å². The number of carbonyl (C=O) groups is 1. The Morgan fingerprint density at radius 3 is 2.68 bits per heavy atom. The fourth-order valence-corrected chi connectivity index (χ4v) is 3.23. The lowest BCUT2D eigenvalue weighted by molar-refractivity contribution is -0.132. The second-order valence-corrected chi connectivity index (χ2v) is 5.99. The Kier molecular flexibility index (Phi) is 6.11. The summed E-state index contributed by atoms with van der Waals surface area (Å²) in [5.41, 5.74) is 0. The van der Waals surface area contributed by atoms with E-state index in [9.17, 15) is 4.79 Å². The highest BCUT2D eigenvalue weighted by Crippen LogP contribution is 2.21. The van der Waals surface area contributed by atoms with Gasteiger partial charge in [0.15, 0.2) is 0 Å². The zero-order chi connectivity index (χ0) is 13.5. The lowest BCUT2D eigenvalue weighted by atomic mass is 9.92. The number of carbonyl (C=O) groups excluding carboxylic acids is 1. The molecule has 2 saturated heterocycles. The van der Waals surface area contributed by atoms with E-state index in [2.05, 4.69) is 17.1 Å². The number of amides is 1. The molecule has 2 aliphatic rings. The van der Waals surface area contributed by atoms with Gasteiger partial charge in [0.2, 0.25) is 5.91 Å². The van der Waals surface area contributed by atoms with Crippen LogP contribution in [0, 0.1) is 5.92 Å². The minimum atomic E-state index is 0.331. The first-order valence-electron chi connectivity index (χ1n) is 8.00. The van der Waals surface area contributed by atoms with Crippen LogP contribution >= 0.6 is 0 Å². The Bertz CT molecular complexity index is 267. The molecule has 1 amide bonds. The van der Waals surface area contributed by atoms with Gasteiger partial charge in [-0.15, -0.1) is 0 Å². The maximum absolute atomic E-state index is 12.3. The average molecular weight is 267 g/mol. The molecule has 0 spiro atoms. The van der Waals surface area contributed by atoms with Gasteiger partial charge < -0.3 is 10.2 Å². The molecule has 0 saturated carbocycles. The molecule has 1 N–H and O–H groups in total. The summed E-state index contributed by atoms with van der Waals surface area (Å²) in [6.45, 7) is 8.94. The number of nitrogens with one attached hydrogen (secondary N) is 1. The Hall–Kier alpha value is -0.610. The predicted octanol–water partition coefficient (Wildman–Crippen LogP) is 1.32. The van der Waals surface area contributed by atoms with Crippen molar-refractivity contribution in [1.82, 2.24) is 15.1 Å². The van der Waals surface area contributed by atoms with Crippen LogP contribution in [0.2, 0.25) is 0 Å². The third kappa shape index (κ3) is 4.77. The normalized spacial score (nSPS) is 23.3. The SMILES string of the molecule is CCCC1CCN(CC(=O)N2CCCNCC2)CC1. The largest absolute Gasteiger partial charge is 0.340 e. The van der Waals surface area contributed by atoms with Gasteiger partial charge in [-0.2, -0.15) is 0 Å². The van der Waals surface area contributed by atoms with E-state index in [1.165, 1.54) is 25.7 Å². The molecule has 2 fully saturated rings. The summed E-state index contributed by atoms with van der Waals surface area (Å²) in [5, 5.41) is 3.35. The van der Waals surface area contributed by atoms with E-state index in [-0.39, 0.29) is 0 Å². The molecule has 0 bridgehead atoms. The molecule has 2 heterocycles. The predicted molar refractivity (Wildman–Crippen MR) is 78.1 cm³/mol. The fraction of sp³-hybridized carbons (Fsp3) is 0.933. The van der Waals surface area contributed by atoms with Gasteiger partial charge in [-0.05, 0) is 44.8 Å². The zero-order valence-electron chi connectivity index (χ0n) is 12.4. The van der Waals surface area contributed by atoms with E-state index in [0.29, 0.717) is 12.5 Å². The van der Waals surface area contributed by atoms with Crippen molar-refractivity contribution < 1.29 is 4.79 Å². The molecular formula is C15H29N3O. The van der Waals surface area contributed by atoms with Crippen LogP contribution in [0.3, 0.4) is 0 Å². The molecule has 2 rings (SSSR count). The lowest BCUT2D eigenvalue weighted by Crippen LogP contribution is -2.44. The quantitative estimate of drug-likeness (QED) is 0.834. The number of hydrogen-bond donors (Lipinski definition) is 1. The van der Waals surface area contributed by atoms with Crippen LogP contribution in [0.25, 0.3) is 0 Å². The van der Waals surface area contributed by atoms with Gasteiger partial charge >= 0.3 is 0 Å². The second-order valence-electron chi connectivity index (χ2n) is 5.99. The molecule has 0 radical (unpaired) electrons. The maximum Gasteiger partial charge on any atom is 0.236 e. The second kappa shape index (κ2) is 7.85. The monoisotopic (exact) mass is 267 g/mol. The van der Waals surface area contributed by atoms with Crippen LogP contribution in [0.4, 0.5) is 0 Å². The number of likely N-dealkylation sites (tertiary alicyclic amines) is 1. The lowest BCUT2D eigenvalue weighted by Gasteiger charge is -2.32. The van der Waals surface area contributed by atoms with E-state index >= 15 is 0 Å². The van der Waals surface area contributed by atoms with Gasteiger partial charge in [0.25, 0.3) is 0 Å². The third-order valence-corrected chi connectivity index (χ3v) is 4.46. The van der Waals surface area contributed by atoms with Crippen LogP contribution in [0.1, 0.15) is 39.0 Å². The Balaban J connectivity index is 1.70. The summed E-state index contributed by atoms with van der Waals surface area (Å²) in [6, 6.07) is 0. The van der Waals surface area contributed by atoms with Gasteiger partial charge in [-0.3, -0.25) is 9.69 Å². The van der Waals surface area contributed by atoms with E-state index in [1.54, 1.807) is 0 Å². The number of rotatable bonds is 4. The van der Waals surface area contributed by atoms with Gasteiger partial charge in [-0.1, -0.05) is 19.8 Å². The Morgan fingerprint density at radius 1 is 1.16 bits per heavy atom. The van der Waals surface area contributed by atoms with Gasteiger partial charge in [0.1, 0.15) is 0 Å².